The average molecular weight is 307 g/mol. The lowest BCUT2D eigenvalue weighted by Gasteiger charge is -2.20. The van der Waals surface area contributed by atoms with Crippen molar-refractivity contribution >= 4 is 23.5 Å². The summed E-state index contributed by atoms with van der Waals surface area (Å²) in [6, 6.07) is 9.86. The predicted octanol–water partition coefficient (Wildman–Crippen LogP) is 2.81. The second kappa shape index (κ2) is 5.79. The fourth-order valence-electron chi connectivity index (χ4n) is 2.12. The zero-order valence-corrected chi connectivity index (χ0v) is 12.9. The molecule has 2 heterocycles. The molecule has 0 amide bonds. The second-order valence-electron chi connectivity index (χ2n) is 4.96. The lowest BCUT2D eigenvalue weighted by Crippen LogP contribution is -2.34. The summed E-state index contributed by atoms with van der Waals surface area (Å²) in [5.74, 6) is 4.62. The van der Waals surface area contributed by atoms with Crippen LogP contribution in [0, 0.1) is 0 Å². The van der Waals surface area contributed by atoms with Crippen LogP contribution in [-0.2, 0) is 5.54 Å². The van der Waals surface area contributed by atoms with Gasteiger partial charge in [0.25, 0.3) is 5.89 Å². The van der Waals surface area contributed by atoms with Crippen molar-refractivity contribution in [3.05, 3.63) is 47.6 Å². The minimum absolute atomic E-state index is 0.317. The summed E-state index contributed by atoms with van der Waals surface area (Å²) in [4.78, 5) is 4.55. The Morgan fingerprint density at radius 2 is 2.10 bits per heavy atom. The third-order valence-corrected chi connectivity index (χ3v) is 6.11. The number of rotatable bonds is 3. The van der Waals surface area contributed by atoms with Gasteiger partial charge in [-0.1, -0.05) is 35.5 Å². The molecule has 1 fully saturated rings. The van der Waals surface area contributed by atoms with Crippen LogP contribution in [0.25, 0.3) is 0 Å². The molecule has 20 heavy (non-hydrogen) atoms. The summed E-state index contributed by atoms with van der Waals surface area (Å²) in [6.45, 7) is 1.91. The molecule has 2 aromatic rings. The number of benzene rings is 1. The fourth-order valence-corrected chi connectivity index (χ4v) is 4.71. The molecule has 1 saturated heterocycles. The molecule has 0 bridgehead atoms. The Labute approximate surface area is 126 Å². The van der Waals surface area contributed by atoms with Crippen LogP contribution in [0.3, 0.4) is 0 Å². The number of nitrogens with zero attached hydrogens (tertiary/aromatic N) is 2. The first-order valence-electron chi connectivity index (χ1n) is 6.56. The van der Waals surface area contributed by atoms with Gasteiger partial charge in [0, 0.05) is 17.3 Å². The van der Waals surface area contributed by atoms with Gasteiger partial charge in [-0.25, -0.2) is 0 Å². The summed E-state index contributed by atoms with van der Waals surface area (Å²) in [7, 11) is 0. The molecule has 1 aliphatic heterocycles. The molecule has 3 rings (SSSR count). The van der Waals surface area contributed by atoms with Crippen LogP contribution in [0.4, 0.5) is 0 Å². The van der Waals surface area contributed by atoms with Crippen molar-refractivity contribution in [2.24, 2.45) is 5.73 Å². The summed E-state index contributed by atoms with van der Waals surface area (Å²) in [5.41, 5.74) is 6.62. The Hall–Kier alpha value is -0.980. The van der Waals surface area contributed by atoms with Gasteiger partial charge in [-0.15, -0.1) is 11.8 Å². The lowest BCUT2D eigenvalue weighted by atomic mass is 9.93. The first-order valence-corrected chi connectivity index (χ1v) is 8.76. The zero-order chi connectivity index (χ0) is 14.0. The van der Waals surface area contributed by atoms with Gasteiger partial charge in [0.05, 0.1) is 5.25 Å². The van der Waals surface area contributed by atoms with Crippen molar-refractivity contribution in [2.45, 2.75) is 17.7 Å². The van der Waals surface area contributed by atoms with Crippen LogP contribution >= 0.6 is 23.5 Å². The minimum atomic E-state index is -0.751. The fraction of sp³-hybridized carbons (Fsp3) is 0.429. The molecule has 0 saturated carbocycles. The predicted molar refractivity (Wildman–Crippen MR) is 83.9 cm³/mol. The molecule has 2 atom stereocenters. The molecule has 0 radical (unpaired) electrons. The number of nitrogens with two attached hydrogens (primary N) is 1. The van der Waals surface area contributed by atoms with Gasteiger partial charge < -0.3 is 10.3 Å². The van der Waals surface area contributed by atoms with Crippen LogP contribution in [0.1, 0.15) is 29.5 Å². The summed E-state index contributed by atoms with van der Waals surface area (Å²) in [6.07, 6.45) is 0. The first kappa shape index (κ1) is 14.0. The van der Waals surface area contributed by atoms with E-state index in [4.69, 9.17) is 10.3 Å². The molecule has 6 heteroatoms. The Morgan fingerprint density at radius 3 is 2.80 bits per heavy atom. The molecule has 2 N–H and O–H groups in total. The molecule has 1 aromatic carbocycles. The van der Waals surface area contributed by atoms with Crippen LogP contribution in [0.5, 0.6) is 0 Å². The van der Waals surface area contributed by atoms with E-state index in [-0.39, 0.29) is 0 Å². The van der Waals surface area contributed by atoms with Gasteiger partial charge in [-0.05, 0) is 12.5 Å². The molecule has 106 valence electrons. The third-order valence-electron chi connectivity index (χ3n) is 3.36. The molecule has 0 aliphatic carbocycles. The Morgan fingerprint density at radius 1 is 1.30 bits per heavy atom. The summed E-state index contributed by atoms with van der Waals surface area (Å²) < 4.78 is 5.43. The van der Waals surface area contributed by atoms with Crippen LogP contribution in [0.2, 0.25) is 0 Å². The molecular formula is C14H17N3OS2. The maximum absolute atomic E-state index is 6.39. The molecular weight excluding hydrogens is 290 g/mol. The van der Waals surface area contributed by atoms with E-state index in [0.717, 1.165) is 22.9 Å². The summed E-state index contributed by atoms with van der Waals surface area (Å²) in [5, 5.41) is 4.45. The van der Waals surface area contributed by atoms with Gasteiger partial charge in [0.1, 0.15) is 5.54 Å². The number of thioether (sulfide) groups is 2. The third kappa shape index (κ3) is 2.73. The maximum atomic E-state index is 6.39. The van der Waals surface area contributed by atoms with E-state index in [9.17, 15) is 0 Å². The number of aromatic nitrogens is 2. The van der Waals surface area contributed by atoms with E-state index in [0.29, 0.717) is 11.1 Å². The molecule has 2 unspecified atom stereocenters. The van der Waals surface area contributed by atoms with E-state index in [1.165, 1.54) is 5.75 Å². The lowest BCUT2D eigenvalue weighted by molar-refractivity contribution is 0.322. The van der Waals surface area contributed by atoms with Gasteiger partial charge in [0.15, 0.2) is 5.82 Å². The number of hydrogen-bond acceptors (Lipinski definition) is 6. The largest absolute Gasteiger partial charge is 0.337 e. The quantitative estimate of drug-likeness (QED) is 0.940. The molecule has 1 aromatic heterocycles. The highest BCUT2D eigenvalue weighted by Gasteiger charge is 2.32. The van der Waals surface area contributed by atoms with E-state index in [1.54, 1.807) is 0 Å². The van der Waals surface area contributed by atoms with Gasteiger partial charge in [-0.2, -0.15) is 16.7 Å². The molecule has 4 nitrogen and oxygen atoms in total. The van der Waals surface area contributed by atoms with E-state index in [1.807, 2.05) is 60.8 Å². The van der Waals surface area contributed by atoms with Crippen LogP contribution in [-0.4, -0.2) is 27.4 Å². The Balaban J connectivity index is 1.85. The highest BCUT2D eigenvalue weighted by Crippen LogP contribution is 2.36. The van der Waals surface area contributed by atoms with E-state index >= 15 is 0 Å². The second-order valence-corrected chi connectivity index (χ2v) is 7.42. The smallest absolute Gasteiger partial charge is 0.251 e. The number of hydrogen-bond donors (Lipinski definition) is 1. The van der Waals surface area contributed by atoms with Gasteiger partial charge in [-0.3, -0.25) is 0 Å². The van der Waals surface area contributed by atoms with Crippen molar-refractivity contribution in [3.63, 3.8) is 0 Å². The van der Waals surface area contributed by atoms with Crippen molar-refractivity contribution in [1.82, 2.24) is 10.1 Å². The van der Waals surface area contributed by atoms with Crippen molar-refractivity contribution < 1.29 is 4.52 Å². The Kier molecular flexibility index (Phi) is 4.05. The first-order chi connectivity index (χ1) is 9.68. The van der Waals surface area contributed by atoms with Gasteiger partial charge in [0.2, 0.25) is 0 Å². The standard InChI is InChI=1S/C14H17N3OS2/c1-14(15,10-5-3-2-4-6-10)13-16-12(17-18-13)11-9-19-7-8-20-11/h2-6,11H,7-9,15H2,1H3. The van der Waals surface area contributed by atoms with Crippen LogP contribution < -0.4 is 5.73 Å². The van der Waals surface area contributed by atoms with E-state index in [2.05, 4.69) is 10.1 Å². The topological polar surface area (TPSA) is 64.9 Å². The monoisotopic (exact) mass is 307 g/mol. The normalized spacial score (nSPS) is 22.4. The highest BCUT2D eigenvalue weighted by atomic mass is 32.2. The maximum Gasteiger partial charge on any atom is 0.251 e. The molecule has 1 aliphatic rings. The van der Waals surface area contributed by atoms with Crippen molar-refractivity contribution in [2.75, 3.05) is 17.3 Å². The zero-order valence-electron chi connectivity index (χ0n) is 11.3. The highest BCUT2D eigenvalue weighted by molar-refractivity contribution is 8.06. The van der Waals surface area contributed by atoms with Gasteiger partial charge >= 0.3 is 0 Å². The summed E-state index contributed by atoms with van der Waals surface area (Å²) >= 11 is 3.83. The minimum Gasteiger partial charge on any atom is -0.337 e. The van der Waals surface area contributed by atoms with Crippen molar-refractivity contribution in [3.8, 4) is 0 Å². The SMILES string of the molecule is CC(N)(c1ccccc1)c1nc(C2CSCCS2)no1. The molecule has 0 spiro atoms. The average Bonchev–Trinajstić information content (AvgIpc) is 3.00. The van der Waals surface area contributed by atoms with E-state index < -0.39 is 5.54 Å². The van der Waals surface area contributed by atoms with Crippen LogP contribution in [0.15, 0.2) is 34.9 Å². The van der Waals surface area contributed by atoms with Crippen molar-refractivity contribution in [1.29, 1.82) is 0 Å². The Bertz CT molecular complexity index is 565.